The third-order valence-electron chi connectivity index (χ3n) is 3.94. The van der Waals surface area contributed by atoms with Crippen LogP contribution in [-0.4, -0.2) is 35.5 Å². The van der Waals surface area contributed by atoms with Crippen LogP contribution in [0.5, 0.6) is 0 Å². The Kier molecular flexibility index (Phi) is 4.90. The van der Waals surface area contributed by atoms with Crippen molar-refractivity contribution in [2.24, 2.45) is 17.3 Å². The molecule has 0 radical (unpaired) electrons. The van der Waals surface area contributed by atoms with E-state index in [9.17, 15) is 4.79 Å². The van der Waals surface area contributed by atoms with E-state index in [1.807, 2.05) is 0 Å². The Balaban J connectivity index is 2.35. The van der Waals surface area contributed by atoms with Crippen LogP contribution < -0.4 is 22.6 Å². The monoisotopic (exact) mass is 324 g/mol. The second-order valence-corrected chi connectivity index (χ2v) is 6.00. The highest BCUT2D eigenvalue weighted by Gasteiger charge is 2.44. The van der Waals surface area contributed by atoms with E-state index in [0.717, 1.165) is 0 Å². The van der Waals surface area contributed by atoms with Crippen LogP contribution in [0.3, 0.4) is 0 Å². The summed E-state index contributed by atoms with van der Waals surface area (Å²) >= 11 is 5.87. The number of rotatable bonds is 4. The first-order valence-corrected chi connectivity index (χ1v) is 7.33. The standard InChI is InChI=1S/C14H21ClN6O/c1-21(18)8-10(16)11-6-14(13(17)22,4-5-19-11)12-3-2-9(15)7-20-12/h2-3,7-8,11,19H,4-6,16,18H2,1H3,(H2,17,22)/b10-8-/t11-,14?/m0/s1. The van der Waals surface area contributed by atoms with Crippen LogP contribution >= 0.6 is 11.6 Å². The van der Waals surface area contributed by atoms with Crippen molar-refractivity contribution in [1.29, 1.82) is 0 Å². The maximum absolute atomic E-state index is 12.2. The van der Waals surface area contributed by atoms with E-state index in [2.05, 4.69) is 10.3 Å². The number of nitrogens with two attached hydrogens (primary N) is 3. The minimum Gasteiger partial charge on any atom is -0.400 e. The van der Waals surface area contributed by atoms with E-state index in [1.54, 1.807) is 25.4 Å². The third-order valence-corrected chi connectivity index (χ3v) is 4.16. The van der Waals surface area contributed by atoms with Crippen LogP contribution in [0.4, 0.5) is 0 Å². The molecule has 1 aliphatic rings. The largest absolute Gasteiger partial charge is 0.400 e. The Labute approximate surface area is 134 Å². The molecule has 1 aromatic heterocycles. The Morgan fingerprint density at radius 3 is 2.82 bits per heavy atom. The average Bonchev–Trinajstić information content (AvgIpc) is 2.47. The Bertz CT molecular complexity index is 573. The molecule has 0 spiro atoms. The molecule has 1 aliphatic heterocycles. The molecule has 2 atom stereocenters. The lowest BCUT2D eigenvalue weighted by molar-refractivity contribution is -0.125. The van der Waals surface area contributed by atoms with Gasteiger partial charge in [-0.1, -0.05) is 11.6 Å². The van der Waals surface area contributed by atoms with Crippen LogP contribution in [0.1, 0.15) is 18.5 Å². The van der Waals surface area contributed by atoms with E-state index in [-0.39, 0.29) is 6.04 Å². The average molecular weight is 325 g/mol. The lowest BCUT2D eigenvalue weighted by atomic mass is 9.72. The molecule has 0 aliphatic carbocycles. The van der Waals surface area contributed by atoms with Crippen LogP contribution in [0, 0.1) is 0 Å². The second-order valence-electron chi connectivity index (χ2n) is 5.56. The first-order valence-electron chi connectivity index (χ1n) is 6.95. The van der Waals surface area contributed by atoms with Crippen LogP contribution in [0.25, 0.3) is 0 Å². The van der Waals surface area contributed by atoms with Crippen molar-refractivity contribution in [3.63, 3.8) is 0 Å². The first kappa shape index (κ1) is 16.5. The van der Waals surface area contributed by atoms with Crippen LogP contribution in [0.15, 0.2) is 30.2 Å². The van der Waals surface area contributed by atoms with Gasteiger partial charge in [0.25, 0.3) is 0 Å². The van der Waals surface area contributed by atoms with E-state index >= 15 is 0 Å². The zero-order chi connectivity index (χ0) is 16.3. The predicted octanol–water partition coefficient (Wildman–Crippen LogP) is -0.184. The number of pyridine rings is 1. The van der Waals surface area contributed by atoms with Gasteiger partial charge in [-0.05, 0) is 31.5 Å². The SMILES string of the molecule is CN(N)/C=C(\N)[C@@H]1CC(C(N)=O)(c2ccc(Cl)cn2)CCN1. The van der Waals surface area contributed by atoms with Gasteiger partial charge < -0.3 is 21.8 Å². The number of carbonyl (C=O) groups is 1. The molecule has 22 heavy (non-hydrogen) atoms. The maximum atomic E-state index is 12.2. The summed E-state index contributed by atoms with van der Waals surface area (Å²) in [5.41, 5.74) is 12.0. The van der Waals surface area contributed by atoms with Gasteiger partial charge in [-0.25, -0.2) is 5.84 Å². The molecule has 2 heterocycles. The molecule has 120 valence electrons. The van der Waals surface area contributed by atoms with Crippen LogP contribution in [-0.2, 0) is 10.2 Å². The Hall–Kier alpha value is -1.83. The van der Waals surface area contributed by atoms with Crippen LogP contribution in [0.2, 0.25) is 5.02 Å². The van der Waals surface area contributed by atoms with Crippen molar-refractivity contribution in [2.45, 2.75) is 24.3 Å². The smallest absolute Gasteiger partial charge is 0.229 e. The number of halogens is 1. The molecule has 1 amide bonds. The molecular weight excluding hydrogens is 304 g/mol. The molecule has 7 nitrogen and oxygen atoms in total. The molecule has 7 N–H and O–H groups in total. The number of nitrogens with zero attached hydrogens (tertiary/aromatic N) is 2. The fourth-order valence-corrected chi connectivity index (χ4v) is 2.90. The second kappa shape index (κ2) is 6.51. The number of nitrogens with one attached hydrogen (secondary N) is 1. The third kappa shape index (κ3) is 3.32. The molecule has 0 bridgehead atoms. The predicted molar refractivity (Wildman–Crippen MR) is 85.4 cm³/mol. The zero-order valence-corrected chi connectivity index (χ0v) is 13.2. The number of hydrazine groups is 1. The number of hydrogen-bond acceptors (Lipinski definition) is 6. The van der Waals surface area contributed by atoms with E-state index in [4.69, 9.17) is 28.9 Å². The summed E-state index contributed by atoms with van der Waals surface area (Å²) in [5.74, 6) is 5.17. The number of aromatic nitrogens is 1. The summed E-state index contributed by atoms with van der Waals surface area (Å²) in [6.07, 6.45) is 4.11. The van der Waals surface area contributed by atoms with Crippen molar-refractivity contribution < 1.29 is 4.79 Å². The highest BCUT2D eigenvalue weighted by atomic mass is 35.5. The minimum atomic E-state index is -0.869. The minimum absolute atomic E-state index is 0.204. The summed E-state index contributed by atoms with van der Waals surface area (Å²) in [4.78, 5) is 16.5. The molecule has 0 aromatic carbocycles. The van der Waals surface area contributed by atoms with E-state index in [0.29, 0.717) is 35.8 Å². The van der Waals surface area contributed by atoms with Gasteiger partial charge in [0.15, 0.2) is 0 Å². The molecule has 1 aromatic rings. The maximum Gasteiger partial charge on any atom is 0.229 e. The number of piperidine rings is 1. The normalized spacial score (nSPS) is 25.8. The molecule has 1 unspecified atom stereocenters. The summed E-state index contributed by atoms with van der Waals surface area (Å²) in [6, 6.07) is 3.24. The Morgan fingerprint density at radius 1 is 1.55 bits per heavy atom. The van der Waals surface area contributed by atoms with Gasteiger partial charge in [0.1, 0.15) is 0 Å². The molecule has 1 fully saturated rings. The van der Waals surface area contributed by atoms with Gasteiger partial charge in [-0.2, -0.15) is 0 Å². The number of carbonyl (C=O) groups excluding carboxylic acids is 1. The van der Waals surface area contributed by atoms with Gasteiger partial charge in [-0.3, -0.25) is 9.78 Å². The van der Waals surface area contributed by atoms with E-state index in [1.165, 1.54) is 11.2 Å². The quantitative estimate of drug-likeness (QED) is 0.450. The van der Waals surface area contributed by atoms with Gasteiger partial charge in [0.2, 0.25) is 5.91 Å². The van der Waals surface area contributed by atoms with Crippen molar-refractivity contribution >= 4 is 17.5 Å². The zero-order valence-electron chi connectivity index (χ0n) is 12.4. The van der Waals surface area contributed by atoms with Crippen molar-refractivity contribution in [2.75, 3.05) is 13.6 Å². The molecule has 1 saturated heterocycles. The number of amides is 1. The molecule has 2 rings (SSSR count). The topological polar surface area (TPSA) is 123 Å². The highest BCUT2D eigenvalue weighted by Crippen LogP contribution is 2.35. The first-order chi connectivity index (χ1) is 10.3. The molecular formula is C14H21ClN6O. The van der Waals surface area contributed by atoms with Gasteiger partial charge in [-0.15, -0.1) is 0 Å². The van der Waals surface area contributed by atoms with Crippen molar-refractivity contribution in [3.05, 3.63) is 40.9 Å². The van der Waals surface area contributed by atoms with Gasteiger partial charge in [0.05, 0.1) is 16.1 Å². The fourth-order valence-electron chi connectivity index (χ4n) is 2.78. The number of hydrogen-bond donors (Lipinski definition) is 4. The molecule has 8 heteroatoms. The van der Waals surface area contributed by atoms with Crippen molar-refractivity contribution in [1.82, 2.24) is 15.3 Å². The highest BCUT2D eigenvalue weighted by molar-refractivity contribution is 6.30. The summed E-state index contributed by atoms with van der Waals surface area (Å²) < 4.78 is 0. The lowest BCUT2D eigenvalue weighted by Gasteiger charge is -2.39. The Morgan fingerprint density at radius 2 is 2.27 bits per heavy atom. The lowest BCUT2D eigenvalue weighted by Crippen LogP contribution is -2.54. The molecule has 0 saturated carbocycles. The number of primary amides is 1. The van der Waals surface area contributed by atoms with Gasteiger partial charge in [0, 0.05) is 31.2 Å². The van der Waals surface area contributed by atoms with E-state index < -0.39 is 11.3 Å². The van der Waals surface area contributed by atoms with Crippen molar-refractivity contribution in [3.8, 4) is 0 Å². The summed E-state index contributed by atoms with van der Waals surface area (Å²) in [7, 11) is 1.68. The summed E-state index contributed by atoms with van der Waals surface area (Å²) in [5, 5.41) is 5.16. The fraction of sp³-hybridized carbons (Fsp3) is 0.429. The van der Waals surface area contributed by atoms with Gasteiger partial charge >= 0.3 is 0 Å². The summed E-state index contributed by atoms with van der Waals surface area (Å²) in [6.45, 7) is 0.598.